The zero-order valence-corrected chi connectivity index (χ0v) is 14.2. The molecular formula is C17H21O5P. The molecule has 0 spiro atoms. The third-order valence-electron chi connectivity index (χ3n) is 3.03. The molecule has 0 bridgehead atoms. The summed E-state index contributed by atoms with van der Waals surface area (Å²) >= 11 is 0. The third-order valence-corrected chi connectivity index (χ3v) is 4.43. The Balaban J connectivity index is 2.28. The number of benzene rings is 2. The molecule has 0 unspecified atom stereocenters. The summed E-state index contributed by atoms with van der Waals surface area (Å²) < 4.78 is 22.8. The number of hydrogen-bond acceptors (Lipinski definition) is 5. The van der Waals surface area contributed by atoms with E-state index in [1.54, 1.807) is 13.8 Å². The van der Waals surface area contributed by atoms with Gasteiger partial charge in [0.1, 0.15) is 0 Å². The normalized spacial score (nSPS) is 11.6. The van der Waals surface area contributed by atoms with Crippen molar-refractivity contribution < 1.29 is 23.7 Å². The average molecular weight is 336 g/mol. The molecule has 0 radical (unpaired) electrons. The molecule has 0 aliphatic rings. The molecule has 2 aromatic rings. The minimum Gasteiger partial charge on any atom is -0.255 e. The van der Waals surface area contributed by atoms with E-state index in [1.165, 1.54) is 0 Å². The first-order valence-electron chi connectivity index (χ1n) is 7.53. The highest BCUT2D eigenvalue weighted by Crippen LogP contribution is 2.53. The van der Waals surface area contributed by atoms with Crippen LogP contribution in [0, 0.1) is 0 Å². The lowest BCUT2D eigenvalue weighted by Gasteiger charge is -2.17. The summed E-state index contributed by atoms with van der Waals surface area (Å²) in [6.07, 6.45) is 0.0536. The van der Waals surface area contributed by atoms with Crippen molar-refractivity contribution in [3.05, 3.63) is 60.2 Å². The van der Waals surface area contributed by atoms with Gasteiger partial charge in [0.15, 0.2) is 0 Å². The van der Waals surface area contributed by atoms with Gasteiger partial charge in [-0.05, 0) is 30.5 Å². The summed E-state index contributed by atoms with van der Waals surface area (Å²) in [5.74, 6) is 0. The van der Waals surface area contributed by atoms with E-state index in [2.05, 4.69) is 0 Å². The fourth-order valence-electron chi connectivity index (χ4n) is 2.10. The molecule has 0 aromatic heterocycles. The van der Waals surface area contributed by atoms with E-state index in [0.29, 0.717) is 0 Å². The van der Waals surface area contributed by atoms with Crippen molar-refractivity contribution in [2.45, 2.75) is 20.0 Å². The van der Waals surface area contributed by atoms with Gasteiger partial charge in [-0.3, -0.25) is 4.57 Å². The second kappa shape index (κ2) is 8.96. The topological polar surface area (TPSA) is 54.0 Å². The molecule has 0 heterocycles. The van der Waals surface area contributed by atoms with Gasteiger partial charge < -0.3 is 0 Å². The first kappa shape index (κ1) is 17.9. The van der Waals surface area contributed by atoms with E-state index in [4.69, 9.17) is 19.1 Å². The number of hydrogen-bond donors (Lipinski definition) is 0. The summed E-state index contributed by atoms with van der Waals surface area (Å²) in [5.41, 5.74) is 2.83. The van der Waals surface area contributed by atoms with Gasteiger partial charge >= 0.3 is 7.60 Å². The van der Waals surface area contributed by atoms with Crippen molar-refractivity contribution in [2.75, 3.05) is 13.2 Å². The van der Waals surface area contributed by atoms with Crippen molar-refractivity contribution in [1.82, 2.24) is 0 Å². The van der Waals surface area contributed by atoms with E-state index in [0.717, 1.165) is 16.7 Å². The van der Waals surface area contributed by atoms with Gasteiger partial charge in [-0.15, -0.1) is 9.35 Å². The van der Waals surface area contributed by atoms with Crippen LogP contribution in [0.4, 0.5) is 0 Å². The highest BCUT2D eigenvalue weighted by molar-refractivity contribution is 7.52. The van der Waals surface area contributed by atoms with Crippen molar-refractivity contribution in [3.8, 4) is 11.1 Å². The molecule has 23 heavy (non-hydrogen) atoms. The average Bonchev–Trinajstić information content (AvgIpc) is 2.60. The second-order valence-electron chi connectivity index (χ2n) is 4.75. The third kappa shape index (κ3) is 5.27. The van der Waals surface area contributed by atoms with Crippen LogP contribution in [0.5, 0.6) is 0 Å². The van der Waals surface area contributed by atoms with Gasteiger partial charge in [-0.1, -0.05) is 54.6 Å². The zero-order valence-electron chi connectivity index (χ0n) is 13.3. The van der Waals surface area contributed by atoms with Crippen LogP contribution in [0.3, 0.4) is 0 Å². The molecule has 0 fully saturated rings. The Morgan fingerprint density at radius 3 is 2.00 bits per heavy atom. The minimum absolute atomic E-state index is 0.0536. The fraction of sp³-hybridized carbons (Fsp3) is 0.294. The maximum atomic E-state index is 12.8. The quantitative estimate of drug-likeness (QED) is 0.367. The van der Waals surface area contributed by atoms with Crippen LogP contribution in [0.2, 0.25) is 0 Å². The first-order chi connectivity index (χ1) is 11.2. The van der Waals surface area contributed by atoms with Crippen molar-refractivity contribution in [3.63, 3.8) is 0 Å². The lowest BCUT2D eigenvalue weighted by molar-refractivity contribution is -0.263. The Morgan fingerprint density at radius 1 is 0.826 bits per heavy atom. The molecule has 0 atom stereocenters. The lowest BCUT2D eigenvalue weighted by Crippen LogP contribution is -2.02. The molecule has 5 nitrogen and oxygen atoms in total. The van der Waals surface area contributed by atoms with Gasteiger partial charge in [-0.25, -0.2) is 9.78 Å². The summed E-state index contributed by atoms with van der Waals surface area (Å²) in [7, 11) is -3.57. The SMILES string of the molecule is CCOOP(=O)(Cc1ccccc1-c1ccccc1)OOCC. The van der Waals surface area contributed by atoms with Crippen molar-refractivity contribution >= 4 is 7.60 Å². The smallest absolute Gasteiger partial charge is 0.255 e. The highest BCUT2D eigenvalue weighted by Gasteiger charge is 2.29. The molecule has 0 amide bonds. The molecule has 6 heteroatoms. The van der Waals surface area contributed by atoms with Gasteiger partial charge in [0.25, 0.3) is 0 Å². The standard InChI is InChI=1S/C17H21O5P/c1-3-19-21-23(18,22-20-4-2)14-16-12-8-9-13-17(16)15-10-6-5-7-11-15/h5-13H,3-4,14H2,1-2H3. The van der Waals surface area contributed by atoms with Crippen LogP contribution in [0.25, 0.3) is 11.1 Å². The summed E-state index contributed by atoms with van der Waals surface area (Å²) in [4.78, 5) is 9.69. The maximum Gasteiger partial charge on any atom is 0.388 e. The monoisotopic (exact) mass is 336 g/mol. The van der Waals surface area contributed by atoms with Gasteiger partial charge in [0, 0.05) is 0 Å². The summed E-state index contributed by atoms with van der Waals surface area (Å²) in [5, 5.41) is 0. The zero-order chi connectivity index (χ0) is 16.5. The van der Waals surface area contributed by atoms with E-state index < -0.39 is 7.60 Å². The van der Waals surface area contributed by atoms with Crippen molar-refractivity contribution in [2.24, 2.45) is 0 Å². The van der Waals surface area contributed by atoms with Crippen LogP contribution >= 0.6 is 7.60 Å². The molecule has 2 aromatic carbocycles. The van der Waals surface area contributed by atoms with E-state index in [-0.39, 0.29) is 19.4 Å². The highest BCUT2D eigenvalue weighted by atomic mass is 31.2. The Bertz CT molecular complexity index is 632. The molecule has 0 N–H and O–H groups in total. The predicted molar refractivity (Wildman–Crippen MR) is 88.6 cm³/mol. The van der Waals surface area contributed by atoms with Crippen LogP contribution in [0.15, 0.2) is 54.6 Å². The van der Waals surface area contributed by atoms with Gasteiger partial charge in [0.2, 0.25) is 0 Å². The van der Waals surface area contributed by atoms with Crippen LogP contribution < -0.4 is 0 Å². The molecule has 2 rings (SSSR count). The fourth-order valence-corrected chi connectivity index (χ4v) is 3.45. The Kier molecular flexibility index (Phi) is 6.96. The minimum atomic E-state index is -3.57. The van der Waals surface area contributed by atoms with Crippen LogP contribution in [-0.4, -0.2) is 13.2 Å². The molecule has 0 saturated heterocycles. The Morgan fingerprint density at radius 2 is 1.39 bits per heavy atom. The molecule has 0 aliphatic heterocycles. The Labute approximate surface area is 136 Å². The van der Waals surface area contributed by atoms with Gasteiger partial charge in [0.05, 0.1) is 19.4 Å². The molecule has 124 valence electrons. The second-order valence-corrected chi connectivity index (χ2v) is 6.59. The Hall–Kier alpha value is -1.49. The largest absolute Gasteiger partial charge is 0.388 e. The van der Waals surface area contributed by atoms with Crippen molar-refractivity contribution in [1.29, 1.82) is 0 Å². The molecule has 0 saturated carbocycles. The van der Waals surface area contributed by atoms with E-state index in [9.17, 15) is 4.57 Å². The molecular weight excluding hydrogens is 315 g/mol. The van der Waals surface area contributed by atoms with Gasteiger partial charge in [-0.2, -0.15) is 0 Å². The predicted octanol–water partition coefficient (Wildman–Crippen LogP) is 4.98. The number of rotatable bonds is 9. The first-order valence-corrected chi connectivity index (χ1v) is 9.26. The summed E-state index contributed by atoms with van der Waals surface area (Å²) in [6, 6.07) is 17.5. The maximum absolute atomic E-state index is 12.8. The van der Waals surface area contributed by atoms with Crippen LogP contribution in [0.1, 0.15) is 19.4 Å². The van der Waals surface area contributed by atoms with E-state index in [1.807, 2.05) is 54.6 Å². The molecule has 0 aliphatic carbocycles. The summed E-state index contributed by atoms with van der Waals surface area (Å²) in [6.45, 7) is 4.01. The van der Waals surface area contributed by atoms with Crippen LogP contribution in [-0.2, 0) is 29.9 Å². The lowest BCUT2D eigenvalue weighted by atomic mass is 10.0. The van der Waals surface area contributed by atoms with E-state index >= 15 is 0 Å².